The topological polar surface area (TPSA) is 75.7 Å². The lowest BCUT2D eigenvalue weighted by molar-refractivity contribution is -0.116. The quantitative estimate of drug-likeness (QED) is 0.706. The number of sulfonamides is 1. The smallest absolute Gasteiger partial charge is 0.246 e. The predicted molar refractivity (Wildman–Crippen MR) is 114 cm³/mol. The zero-order valence-corrected chi connectivity index (χ0v) is 17.7. The summed E-state index contributed by atoms with van der Waals surface area (Å²) >= 11 is 0. The number of rotatable bonds is 8. The summed E-state index contributed by atoms with van der Waals surface area (Å²) in [4.78, 5) is 12.6. The van der Waals surface area contributed by atoms with Gasteiger partial charge in [-0.1, -0.05) is 37.3 Å². The Balaban J connectivity index is 1.78. The number of nitrogens with one attached hydrogen (secondary N) is 1. The van der Waals surface area contributed by atoms with Gasteiger partial charge in [-0.05, 0) is 49.4 Å². The SMILES string of the molecule is CCOc1ccc(NC(=O)CC(C)c2ccccc2)cc1S(=O)(=O)N1CCCC1. The van der Waals surface area contributed by atoms with Crippen LogP contribution in [0.4, 0.5) is 5.69 Å². The van der Waals surface area contributed by atoms with E-state index in [4.69, 9.17) is 4.74 Å². The molecule has 1 aliphatic rings. The molecule has 2 aromatic carbocycles. The molecule has 1 unspecified atom stereocenters. The van der Waals surface area contributed by atoms with E-state index in [9.17, 15) is 13.2 Å². The fraction of sp³-hybridized carbons (Fsp3) is 0.409. The highest BCUT2D eigenvalue weighted by atomic mass is 32.2. The number of anilines is 1. The lowest BCUT2D eigenvalue weighted by Crippen LogP contribution is -2.28. The summed E-state index contributed by atoms with van der Waals surface area (Å²) in [6.07, 6.45) is 2.03. The Kier molecular flexibility index (Phi) is 6.92. The minimum atomic E-state index is -3.66. The first-order chi connectivity index (χ1) is 13.9. The van der Waals surface area contributed by atoms with Crippen LogP contribution in [0.5, 0.6) is 5.75 Å². The van der Waals surface area contributed by atoms with Crippen LogP contribution in [-0.4, -0.2) is 38.3 Å². The van der Waals surface area contributed by atoms with Crippen LogP contribution >= 0.6 is 0 Å². The van der Waals surface area contributed by atoms with E-state index in [0.717, 1.165) is 18.4 Å². The van der Waals surface area contributed by atoms with E-state index in [-0.39, 0.29) is 16.7 Å². The van der Waals surface area contributed by atoms with Gasteiger partial charge in [-0.15, -0.1) is 0 Å². The maximum absolute atomic E-state index is 13.1. The number of hydrogen-bond donors (Lipinski definition) is 1. The average molecular weight is 417 g/mol. The van der Waals surface area contributed by atoms with E-state index in [0.29, 0.717) is 37.6 Å². The average Bonchev–Trinajstić information content (AvgIpc) is 3.25. The molecule has 1 fully saturated rings. The molecule has 2 aromatic rings. The number of benzene rings is 2. The highest BCUT2D eigenvalue weighted by Crippen LogP contribution is 2.32. The molecule has 1 amide bonds. The highest BCUT2D eigenvalue weighted by Gasteiger charge is 2.30. The largest absolute Gasteiger partial charge is 0.492 e. The van der Waals surface area contributed by atoms with Gasteiger partial charge < -0.3 is 10.1 Å². The van der Waals surface area contributed by atoms with Crippen molar-refractivity contribution in [3.63, 3.8) is 0 Å². The number of ether oxygens (including phenoxy) is 1. The standard InChI is InChI=1S/C22H28N2O4S/c1-3-28-20-12-11-19(16-21(20)29(26,27)24-13-7-8-14-24)23-22(25)15-17(2)18-9-5-4-6-10-18/h4-6,9-12,16-17H,3,7-8,13-15H2,1-2H3,(H,23,25). The Bertz CT molecular complexity index is 939. The molecule has 1 N–H and O–H groups in total. The molecule has 0 aliphatic carbocycles. The van der Waals surface area contributed by atoms with Gasteiger partial charge in [0.25, 0.3) is 0 Å². The first-order valence-corrected chi connectivity index (χ1v) is 11.5. The van der Waals surface area contributed by atoms with Crippen LogP contribution in [0, 0.1) is 0 Å². The Labute approximate surface area is 172 Å². The van der Waals surface area contributed by atoms with Gasteiger partial charge in [-0.25, -0.2) is 8.42 Å². The van der Waals surface area contributed by atoms with Crippen molar-refractivity contribution >= 4 is 21.6 Å². The van der Waals surface area contributed by atoms with Gasteiger partial charge in [0.2, 0.25) is 15.9 Å². The molecule has 0 saturated carbocycles. The molecule has 3 rings (SSSR count). The van der Waals surface area contributed by atoms with E-state index in [1.165, 1.54) is 10.4 Å². The number of nitrogens with zero attached hydrogens (tertiary/aromatic N) is 1. The van der Waals surface area contributed by atoms with Crippen LogP contribution in [0.25, 0.3) is 0 Å². The maximum Gasteiger partial charge on any atom is 0.246 e. The molecule has 1 aliphatic heterocycles. The minimum absolute atomic E-state index is 0.0618. The van der Waals surface area contributed by atoms with Gasteiger partial charge in [0, 0.05) is 25.2 Å². The van der Waals surface area contributed by atoms with Gasteiger partial charge in [0.15, 0.2) is 0 Å². The Morgan fingerprint density at radius 2 is 1.83 bits per heavy atom. The first-order valence-electron chi connectivity index (χ1n) is 10.0. The second-order valence-corrected chi connectivity index (χ2v) is 9.18. The molecular weight excluding hydrogens is 388 g/mol. The summed E-state index contributed by atoms with van der Waals surface area (Å²) in [5, 5.41) is 2.84. The van der Waals surface area contributed by atoms with E-state index in [1.54, 1.807) is 12.1 Å². The molecule has 29 heavy (non-hydrogen) atoms. The van der Waals surface area contributed by atoms with Crippen LogP contribution in [-0.2, 0) is 14.8 Å². The van der Waals surface area contributed by atoms with Crippen LogP contribution < -0.4 is 10.1 Å². The zero-order valence-electron chi connectivity index (χ0n) is 16.9. The van der Waals surface area contributed by atoms with Gasteiger partial charge in [0.1, 0.15) is 10.6 Å². The maximum atomic E-state index is 13.1. The van der Waals surface area contributed by atoms with Crippen molar-refractivity contribution in [2.75, 3.05) is 25.0 Å². The number of carbonyl (C=O) groups is 1. The molecule has 6 nitrogen and oxygen atoms in total. The van der Waals surface area contributed by atoms with Crippen molar-refractivity contribution in [1.82, 2.24) is 4.31 Å². The van der Waals surface area contributed by atoms with Crippen LogP contribution in [0.1, 0.15) is 44.6 Å². The Hall–Kier alpha value is -2.38. The van der Waals surface area contributed by atoms with Gasteiger partial charge >= 0.3 is 0 Å². The normalized spacial score (nSPS) is 15.8. The van der Waals surface area contributed by atoms with E-state index >= 15 is 0 Å². The second-order valence-electron chi connectivity index (χ2n) is 7.27. The summed E-state index contributed by atoms with van der Waals surface area (Å²) in [7, 11) is -3.66. The van der Waals surface area contributed by atoms with E-state index < -0.39 is 10.0 Å². The van der Waals surface area contributed by atoms with Crippen molar-refractivity contribution in [3.05, 3.63) is 54.1 Å². The fourth-order valence-corrected chi connectivity index (χ4v) is 5.19. The van der Waals surface area contributed by atoms with Crippen molar-refractivity contribution in [2.45, 2.75) is 43.9 Å². The molecule has 156 valence electrons. The molecule has 1 saturated heterocycles. The molecule has 0 spiro atoms. The third kappa shape index (κ3) is 5.16. The third-order valence-corrected chi connectivity index (χ3v) is 6.99. The summed E-state index contributed by atoms with van der Waals surface area (Å²) < 4.78 is 33.2. The lowest BCUT2D eigenvalue weighted by atomic mass is 9.97. The minimum Gasteiger partial charge on any atom is -0.492 e. The molecule has 1 heterocycles. The van der Waals surface area contributed by atoms with Crippen molar-refractivity contribution in [3.8, 4) is 5.75 Å². The van der Waals surface area contributed by atoms with Gasteiger partial charge in [-0.2, -0.15) is 4.31 Å². The zero-order chi connectivity index (χ0) is 20.9. The summed E-state index contributed by atoms with van der Waals surface area (Å²) in [6, 6.07) is 14.6. The Morgan fingerprint density at radius 1 is 1.14 bits per heavy atom. The first kappa shape index (κ1) is 21.3. The Morgan fingerprint density at radius 3 is 2.48 bits per heavy atom. The highest BCUT2D eigenvalue weighted by molar-refractivity contribution is 7.89. The van der Waals surface area contributed by atoms with E-state index in [1.807, 2.05) is 44.2 Å². The van der Waals surface area contributed by atoms with Crippen LogP contribution in [0.3, 0.4) is 0 Å². The molecule has 0 radical (unpaired) electrons. The van der Waals surface area contributed by atoms with Crippen LogP contribution in [0.15, 0.2) is 53.4 Å². The van der Waals surface area contributed by atoms with Crippen molar-refractivity contribution in [1.29, 1.82) is 0 Å². The third-order valence-electron chi connectivity index (χ3n) is 5.07. The second kappa shape index (κ2) is 9.41. The molecule has 7 heteroatoms. The van der Waals surface area contributed by atoms with Crippen molar-refractivity contribution in [2.24, 2.45) is 0 Å². The number of hydrogen-bond acceptors (Lipinski definition) is 4. The molecule has 0 aromatic heterocycles. The van der Waals surface area contributed by atoms with Crippen LogP contribution in [0.2, 0.25) is 0 Å². The monoisotopic (exact) mass is 416 g/mol. The molecular formula is C22H28N2O4S. The summed E-state index contributed by atoms with van der Waals surface area (Å²) in [5.74, 6) is 0.219. The van der Waals surface area contributed by atoms with Crippen molar-refractivity contribution < 1.29 is 17.9 Å². The summed E-state index contributed by atoms with van der Waals surface area (Å²) in [5.41, 5.74) is 1.54. The number of carbonyl (C=O) groups excluding carboxylic acids is 1. The van der Waals surface area contributed by atoms with Gasteiger partial charge in [0.05, 0.1) is 6.61 Å². The lowest BCUT2D eigenvalue weighted by Gasteiger charge is -2.19. The summed E-state index contributed by atoms with van der Waals surface area (Å²) in [6.45, 7) is 5.20. The fourth-order valence-electron chi connectivity index (χ4n) is 3.52. The molecule has 0 bridgehead atoms. The number of amides is 1. The molecule has 1 atom stereocenters. The van der Waals surface area contributed by atoms with E-state index in [2.05, 4.69) is 5.32 Å². The predicted octanol–water partition coefficient (Wildman–Crippen LogP) is 4.00. The van der Waals surface area contributed by atoms with Gasteiger partial charge in [-0.3, -0.25) is 4.79 Å².